The maximum atomic E-state index is 13.2. The second-order valence-corrected chi connectivity index (χ2v) is 7.68. The van der Waals surface area contributed by atoms with Crippen molar-refractivity contribution in [3.63, 3.8) is 0 Å². The lowest BCUT2D eigenvalue weighted by atomic mass is 10.2. The Morgan fingerprint density at radius 1 is 1.21 bits per heavy atom. The van der Waals surface area contributed by atoms with E-state index in [0.717, 1.165) is 12.1 Å². The quantitative estimate of drug-likeness (QED) is 0.453. The number of alkyl halides is 2. The van der Waals surface area contributed by atoms with Crippen LogP contribution in [0.2, 0.25) is 0 Å². The number of benzene rings is 2. The SMILES string of the molecule is O=[N+]([O-])c1cc(S(=O)(=O)C(F)F)ccc1NCCc1nc2ccc(F)cc2[nH]1. The minimum Gasteiger partial charge on any atom is -0.379 e. The van der Waals surface area contributed by atoms with E-state index in [1.54, 1.807) is 0 Å². The zero-order valence-corrected chi connectivity index (χ0v) is 14.8. The average Bonchev–Trinajstić information content (AvgIpc) is 3.03. The third-order valence-electron chi connectivity index (χ3n) is 3.90. The fourth-order valence-electron chi connectivity index (χ4n) is 2.56. The van der Waals surface area contributed by atoms with Crippen LogP contribution in [-0.2, 0) is 16.3 Å². The molecule has 3 aromatic rings. The Kier molecular flexibility index (Phi) is 5.23. The summed E-state index contributed by atoms with van der Waals surface area (Å²) in [4.78, 5) is 16.6. The molecule has 2 N–H and O–H groups in total. The highest BCUT2D eigenvalue weighted by atomic mass is 32.2. The Hall–Kier alpha value is -3.15. The van der Waals surface area contributed by atoms with E-state index in [1.165, 1.54) is 18.2 Å². The third-order valence-corrected chi connectivity index (χ3v) is 5.28. The molecule has 1 heterocycles. The molecule has 0 amide bonds. The summed E-state index contributed by atoms with van der Waals surface area (Å²) in [5, 5.41) is 13.9. The molecule has 0 unspecified atom stereocenters. The molecule has 0 saturated carbocycles. The predicted octanol–water partition coefficient (Wildman–Crippen LogP) is 3.26. The van der Waals surface area contributed by atoms with Crippen molar-refractivity contribution in [3.05, 3.63) is 58.2 Å². The van der Waals surface area contributed by atoms with E-state index in [9.17, 15) is 31.7 Å². The number of rotatable bonds is 7. The van der Waals surface area contributed by atoms with Crippen molar-refractivity contribution in [1.82, 2.24) is 9.97 Å². The van der Waals surface area contributed by atoms with Gasteiger partial charge in [-0.15, -0.1) is 0 Å². The van der Waals surface area contributed by atoms with Crippen LogP contribution >= 0.6 is 0 Å². The standard InChI is InChI=1S/C16H13F3N4O4S/c17-9-1-3-11-13(7-9)22-15(21-11)5-6-20-12-4-2-10(8-14(12)23(24)25)28(26,27)16(18)19/h1-4,7-8,16,20H,5-6H2,(H,21,22). The Morgan fingerprint density at radius 3 is 2.64 bits per heavy atom. The number of hydrogen-bond donors (Lipinski definition) is 2. The van der Waals surface area contributed by atoms with Gasteiger partial charge in [0.2, 0.25) is 9.84 Å². The summed E-state index contributed by atoms with van der Waals surface area (Å²) in [5.41, 5.74) is 0.389. The smallest absolute Gasteiger partial charge is 0.341 e. The first-order valence-electron chi connectivity index (χ1n) is 7.87. The van der Waals surface area contributed by atoms with Crippen LogP contribution in [0.5, 0.6) is 0 Å². The van der Waals surface area contributed by atoms with Crippen LogP contribution in [0.4, 0.5) is 24.5 Å². The first-order chi connectivity index (χ1) is 13.2. The number of aromatic amines is 1. The number of imidazole rings is 1. The molecular weight excluding hydrogens is 401 g/mol. The maximum absolute atomic E-state index is 13.2. The molecular formula is C16H13F3N4O4S. The molecule has 0 radical (unpaired) electrons. The molecule has 1 aromatic heterocycles. The number of anilines is 1. The van der Waals surface area contributed by atoms with Gasteiger partial charge in [0.05, 0.1) is 20.9 Å². The van der Waals surface area contributed by atoms with Crippen molar-refractivity contribution < 1.29 is 26.5 Å². The van der Waals surface area contributed by atoms with E-state index in [-0.39, 0.29) is 12.2 Å². The predicted molar refractivity (Wildman–Crippen MR) is 94.5 cm³/mol. The second-order valence-electron chi connectivity index (χ2n) is 5.76. The second kappa shape index (κ2) is 7.46. The van der Waals surface area contributed by atoms with E-state index < -0.39 is 36.9 Å². The highest BCUT2D eigenvalue weighted by Crippen LogP contribution is 2.29. The number of nitrogens with zero attached hydrogens (tertiary/aromatic N) is 2. The number of halogens is 3. The molecule has 0 saturated heterocycles. The van der Waals surface area contributed by atoms with Gasteiger partial charge in [-0.1, -0.05) is 0 Å². The summed E-state index contributed by atoms with van der Waals surface area (Å²) in [7, 11) is -4.94. The molecule has 0 aliphatic heterocycles. The lowest BCUT2D eigenvalue weighted by Crippen LogP contribution is -2.13. The fraction of sp³-hybridized carbons (Fsp3) is 0.188. The van der Waals surface area contributed by atoms with Crippen LogP contribution in [0.1, 0.15) is 5.82 Å². The molecule has 0 aliphatic rings. The van der Waals surface area contributed by atoms with Gasteiger partial charge in [-0.25, -0.2) is 17.8 Å². The number of nitrogens with one attached hydrogen (secondary N) is 2. The average molecular weight is 414 g/mol. The van der Waals surface area contributed by atoms with Gasteiger partial charge >= 0.3 is 5.76 Å². The number of H-pyrrole nitrogens is 1. The molecule has 12 heteroatoms. The van der Waals surface area contributed by atoms with Crippen LogP contribution in [0.25, 0.3) is 11.0 Å². The molecule has 3 rings (SSSR count). The van der Waals surface area contributed by atoms with Gasteiger partial charge < -0.3 is 10.3 Å². The van der Waals surface area contributed by atoms with Crippen molar-refractivity contribution >= 4 is 32.2 Å². The van der Waals surface area contributed by atoms with Crippen molar-refractivity contribution in [2.75, 3.05) is 11.9 Å². The Bertz CT molecular complexity index is 1150. The third kappa shape index (κ3) is 3.91. The number of nitro benzene ring substituents is 1. The van der Waals surface area contributed by atoms with Gasteiger partial charge in [0.1, 0.15) is 17.3 Å². The van der Waals surface area contributed by atoms with Crippen LogP contribution < -0.4 is 5.32 Å². The highest BCUT2D eigenvalue weighted by molar-refractivity contribution is 7.91. The Labute approximate surface area is 156 Å². The van der Waals surface area contributed by atoms with Crippen LogP contribution in [0.3, 0.4) is 0 Å². The zero-order valence-electron chi connectivity index (χ0n) is 14.0. The van der Waals surface area contributed by atoms with Gasteiger partial charge in [0.15, 0.2) is 0 Å². The Balaban J connectivity index is 1.76. The Morgan fingerprint density at radius 2 is 1.96 bits per heavy atom. The van der Waals surface area contributed by atoms with Gasteiger partial charge in [-0.3, -0.25) is 10.1 Å². The van der Waals surface area contributed by atoms with Crippen LogP contribution in [-0.4, -0.2) is 35.6 Å². The minimum absolute atomic E-state index is 0.0274. The molecule has 0 fully saturated rings. The summed E-state index contributed by atoms with van der Waals surface area (Å²) < 4.78 is 61.4. The highest BCUT2D eigenvalue weighted by Gasteiger charge is 2.29. The van der Waals surface area contributed by atoms with Gasteiger partial charge in [0, 0.05) is 19.0 Å². The molecule has 0 bridgehead atoms. The lowest BCUT2D eigenvalue weighted by molar-refractivity contribution is -0.384. The first kappa shape index (κ1) is 19.6. The largest absolute Gasteiger partial charge is 0.379 e. The van der Waals surface area contributed by atoms with E-state index >= 15 is 0 Å². The molecule has 148 valence electrons. The molecule has 2 aromatic carbocycles. The summed E-state index contributed by atoms with van der Waals surface area (Å²) in [6.45, 7) is 0.171. The number of hydrogen-bond acceptors (Lipinski definition) is 6. The lowest BCUT2D eigenvalue weighted by Gasteiger charge is -2.08. The van der Waals surface area contributed by atoms with Crippen molar-refractivity contribution in [2.45, 2.75) is 17.1 Å². The monoisotopic (exact) mass is 414 g/mol. The normalized spacial score (nSPS) is 11.9. The van der Waals surface area contributed by atoms with E-state index in [4.69, 9.17) is 0 Å². The van der Waals surface area contributed by atoms with Crippen molar-refractivity contribution in [3.8, 4) is 0 Å². The fourth-order valence-corrected chi connectivity index (χ4v) is 3.30. The van der Waals surface area contributed by atoms with E-state index in [2.05, 4.69) is 15.3 Å². The van der Waals surface area contributed by atoms with Crippen molar-refractivity contribution in [2.24, 2.45) is 0 Å². The van der Waals surface area contributed by atoms with Crippen LogP contribution in [0, 0.1) is 15.9 Å². The van der Waals surface area contributed by atoms with Gasteiger partial charge in [-0.2, -0.15) is 8.78 Å². The summed E-state index contributed by atoms with van der Waals surface area (Å²) >= 11 is 0. The number of sulfone groups is 1. The number of nitro groups is 1. The summed E-state index contributed by atoms with van der Waals surface area (Å²) in [6, 6.07) is 6.58. The molecule has 0 aliphatic carbocycles. The van der Waals surface area contributed by atoms with Crippen LogP contribution in [0.15, 0.2) is 41.3 Å². The molecule has 8 nitrogen and oxygen atoms in total. The first-order valence-corrected chi connectivity index (χ1v) is 9.41. The van der Waals surface area contributed by atoms with Gasteiger partial charge in [-0.05, 0) is 30.3 Å². The zero-order chi connectivity index (χ0) is 20.5. The maximum Gasteiger partial charge on any atom is 0.341 e. The summed E-state index contributed by atoms with van der Waals surface area (Å²) in [5.74, 6) is -3.59. The topological polar surface area (TPSA) is 118 Å². The molecule has 28 heavy (non-hydrogen) atoms. The van der Waals surface area contributed by atoms with E-state index in [0.29, 0.717) is 29.3 Å². The summed E-state index contributed by atoms with van der Waals surface area (Å²) in [6.07, 6.45) is 0.296. The minimum atomic E-state index is -4.94. The van der Waals surface area contributed by atoms with Gasteiger partial charge in [0.25, 0.3) is 5.69 Å². The number of aromatic nitrogens is 2. The van der Waals surface area contributed by atoms with Crippen molar-refractivity contribution in [1.29, 1.82) is 0 Å². The molecule has 0 spiro atoms. The number of fused-ring (bicyclic) bond motifs is 1. The van der Waals surface area contributed by atoms with E-state index in [1.807, 2.05) is 0 Å². The molecule has 0 atom stereocenters.